The molecule has 2 N–H and O–H groups in total. The van der Waals surface area contributed by atoms with Crippen LogP contribution in [0.4, 0.5) is 5.69 Å². The van der Waals surface area contributed by atoms with Crippen LogP contribution in [0.2, 0.25) is 0 Å². The molecule has 8 nitrogen and oxygen atoms in total. The fourth-order valence-corrected chi connectivity index (χ4v) is 2.92. The van der Waals surface area contributed by atoms with E-state index < -0.39 is 11.9 Å². The zero-order valence-electron chi connectivity index (χ0n) is 15.1. The molecule has 1 aromatic rings. The van der Waals surface area contributed by atoms with Gasteiger partial charge in [0.15, 0.2) is 0 Å². The number of nitrogens with one attached hydrogen (secondary N) is 1. The van der Waals surface area contributed by atoms with Crippen molar-refractivity contribution in [2.75, 3.05) is 45.2 Å². The van der Waals surface area contributed by atoms with Gasteiger partial charge >= 0.3 is 5.97 Å². The lowest BCUT2D eigenvalue weighted by Gasteiger charge is -2.35. The van der Waals surface area contributed by atoms with Crippen LogP contribution in [0.1, 0.15) is 13.3 Å². The molecule has 0 aromatic heterocycles. The zero-order valence-corrected chi connectivity index (χ0v) is 15.1. The van der Waals surface area contributed by atoms with Gasteiger partial charge in [-0.15, -0.1) is 0 Å². The van der Waals surface area contributed by atoms with Crippen LogP contribution in [0.3, 0.4) is 0 Å². The SMILES string of the molecule is COc1cccc(NC(=O)C[C@@H](CN2CCN(C(C)=O)CC2)C(=O)O)c1. The summed E-state index contributed by atoms with van der Waals surface area (Å²) in [6, 6.07) is 6.90. The molecule has 1 aromatic carbocycles. The smallest absolute Gasteiger partial charge is 0.308 e. The molecule has 0 unspecified atom stereocenters. The second-order valence-electron chi connectivity index (χ2n) is 6.33. The molecule has 2 rings (SSSR count). The fraction of sp³-hybridized carbons (Fsp3) is 0.500. The lowest BCUT2D eigenvalue weighted by Crippen LogP contribution is -2.50. The molecule has 1 atom stereocenters. The molecule has 26 heavy (non-hydrogen) atoms. The third-order valence-electron chi connectivity index (χ3n) is 4.43. The molecule has 0 bridgehead atoms. The molecule has 0 spiro atoms. The minimum absolute atomic E-state index is 0.0251. The average molecular weight is 363 g/mol. The van der Waals surface area contributed by atoms with Crippen molar-refractivity contribution in [3.8, 4) is 5.75 Å². The number of carbonyl (C=O) groups is 3. The highest BCUT2D eigenvalue weighted by molar-refractivity contribution is 5.93. The van der Waals surface area contributed by atoms with Gasteiger partial charge in [0.25, 0.3) is 0 Å². The third-order valence-corrected chi connectivity index (χ3v) is 4.43. The number of benzene rings is 1. The molecule has 1 fully saturated rings. The number of aliphatic carboxylic acids is 1. The van der Waals surface area contributed by atoms with E-state index in [1.165, 1.54) is 14.0 Å². The van der Waals surface area contributed by atoms with E-state index in [4.69, 9.17) is 4.74 Å². The molecular formula is C18H25N3O5. The first-order valence-electron chi connectivity index (χ1n) is 8.53. The number of carboxylic acid groups (broad SMARTS) is 1. The van der Waals surface area contributed by atoms with Gasteiger partial charge in [-0.1, -0.05) is 6.07 Å². The van der Waals surface area contributed by atoms with Gasteiger partial charge in [-0.3, -0.25) is 19.3 Å². The Morgan fingerprint density at radius 1 is 1.23 bits per heavy atom. The number of hydrogen-bond donors (Lipinski definition) is 2. The van der Waals surface area contributed by atoms with Crippen molar-refractivity contribution < 1.29 is 24.2 Å². The van der Waals surface area contributed by atoms with Crippen molar-refractivity contribution in [2.24, 2.45) is 5.92 Å². The third kappa shape index (κ3) is 5.73. The summed E-state index contributed by atoms with van der Waals surface area (Å²) in [6.45, 7) is 4.20. The van der Waals surface area contributed by atoms with Crippen LogP contribution in [0, 0.1) is 5.92 Å². The van der Waals surface area contributed by atoms with E-state index in [0.29, 0.717) is 37.6 Å². The van der Waals surface area contributed by atoms with Crippen molar-refractivity contribution in [2.45, 2.75) is 13.3 Å². The zero-order chi connectivity index (χ0) is 19.1. The molecule has 0 saturated carbocycles. The maximum atomic E-state index is 12.2. The minimum Gasteiger partial charge on any atom is -0.497 e. The van der Waals surface area contributed by atoms with Gasteiger partial charge in [0.1, 0.15) is 5.75 Å². The van der Waals surface area contributed by atoms with Gasteiger partial charge in [0, 0.05) is 57.8 Å². The summed E-state index contributed by atoms with van der Waals surface area (Å²) in [7, 11) is 1.53. The Hall–Kier alpha value is -2.61. The quantitative estimate of drug-likeness (QED) is 0.746. The van der Waals surface area contributed by atoms with Crippen LogP contribution in [-0.4, -0.2) is 72.5 Å². The highest BCUT2D eigenvalue weighted by atomic mass is 16.5. The molecule has 1 saturated heterocycles. The lowest BCUT2D eigenvalue weighted by atomic mass is 10.0. The van der Waals surface area contributed by atoms with E-state index in [-0.39, 0.29) is 24.8 Å². The van der Waals surface area contributed by atoms with Crippen LogP contribution in [0.25, 0.3) is 0 Å². The van der Waals surface area contributed by atoms with Crippen LogP contribution in [-0.2, 0) is 14.4 Å². The van der Waals surface area contributed by atoms with Crippen LogP contribution in [0.15, 0.2) is 24.3 Å². The first kappa shape index (κ1) is 19.7. The number of amides is 2. The topological polar surface area (TPSA) is 99.2 Å². The number of nitrogens with zero attached hydrogens (tertiary/aromatic N) is 2. The highest BCUT2D eigenvalue weighted by Crippen LogP contribution is 2.18. The molecule has 1 aliphatic heterocycles. The summed E-state index contributed by atoms with van der Waals surface area (Å²) >= 11 is 0. The molecule has 2 amide bonds. The molecule has 0 aliphatic carbocycles. The lowest BCUT2D eigenvalue weighted by molar-refractivity contribution is -0.144. The van der Waals surface area contributed by atoms with Crippen LogP contribution >= 0.6 is 0 Å². The van der Waals surface area contributed by atoms with E-state index in [9.17, 15) is 19.5 Å². The molecule has 142 valence electrons. The summed E-state index contributed by atoms with van der Waals surface area (Å²) in [5.74, 6) is -1.52. The van der Waals surface area contributed by atoms with Gasteiger partial charge in [-0.25, -0.2) is 0 Å². The van der Waals surface area contributed by atoms with Crippen molar-refractivity contribution in [3.05, 3.63) is 24.3 Å². The highest BCUT2D eigenvalue weighted by Gasteiger charge is 2.27. The normalized spacial score (nSPS) is 16.0. The number of carbonyl (C=O) groups excluding carboxylic acids is 2. The van der Waals surface area contributed by atoms with Gasteiger partial charge in [-0.2, -0.15) is 0 Å². The minimum atomic E-state index is -1.00. The number of piperazine rings is 1. The van der Waals surface area contributed by atoms with Gasteiger partial charge in [-0.05, 0) is 12.1 Å². The van der Waals surface area contributed by atoms with Crippen molar-refractivity contribution in [3.63, 3.8) is 0 Å². The standard InChI is InChI=1S/C18H25N3O5/c1-13(22)21-8-6-20(7-9-21)12-14(18(24)25)10-17(23)19-15-4-3-5-16(11-15)26-2/h3-5,11,14H,6-10,12H2,1-2H3,(H,19,23)(H,24,25)/t14-/m0/s1. The number of ether oxygens (including phenoxy) is 1. The summed E-state index contributed by atoms with van der Waals surface area (Å²) in [5.41, 5.74) is 0.563. The number of methoxy groups -OCH3 is 1. The maximum absolute atomic E-state index is 12.2. The van der Waals surface area contributed by atoms with E-state index in [2.05, 4.69) is 5.32 Å². The molecule has 1 heterocycles. The predicted octanol–water partition coefficient (Wildman–Crippen LogP) is 0.889. The Kier molecular flexibility index (Phi) is 6.97. The van der Waals surface area contributed by atoms with E-state index in [0.717, 1.165) is 0 Å². The largest absolute Gasteiger partial charge is 0.497 e. The van der Waals surface area contributed by atoms with Crippen LogP contribution < -0.4 is 10.1 Å². The average Bonchev–Trinajstić information content (AvgIpc) is 2.61. The van der Waals surface area contributed by atoms with Crippen molar-refractivity contribution in [1.29, 1.82) is 0 Å². The number of hydrogen-bond acceptors (Lipinski definition) is 5. The Balaban J connectivity index is 1.88. The molecule has 8 heteroatoms. The second-order valence-corrected chi connectivity index (χ2v) is 6.33. The fourth-order valence-electron chi connectivity index (χ4n) is 2.92. The summed E-state index contributed by atoms with van der Waals surface area (Å²) < 4.78 is 5.10. The van der Waals surface area contributed by atoms with Gasteiger partial charge < -0.3 is 20.1 Å². The number of carboxylic acids is 1. The van der Waals surface area contributed by atoms with Gasteiger partial charge in [0.05, 0.1) is 13.0 Å². The van der Waals surface area contributed by atoms with Crippen molar-refractivity contribution >= 4 is 23.5 Å². The monoisotopic (exact) mass is 363 g/mol. The second kappa shape index (κ2) is 9.19. The first-order valence-corrected chi connectivity index (χ1v) is 8.53. The number of anilines is 1. The molecule has 0 radical (unpaired) electrons. The molecule has 1 aliphatic rings. The Bertz CT molecular complexity index is 656. The Labute approximate surface area is 152 Å². The Morgan fingerprint density at radius 3 is 2.50 bits per heavy atom. The summed E-state index contributed by atoms with van der Waals surface area (Å²) in [6.07, 6.45) is -0.112. The predicted molar refractivity (Wildman–Crippen MR) is 96.1 cm³/mol. The number of rotatable bonds is 7. The maximum Gasteiger partial charge on any atom is 0.308 e. The first-order chi connectivity index (χ1) is 12.4. The van der Waals surface area contributed by atoms with E-state index in [1.807, 2.05) is 4.90 Å². The van der Waals surface area contributed by atoms with E-state index >= 15 is 0 Å². The van der Waals surface area contributed by atoms with Gasteiger partial charge in [0.2, 0.25) is 11.8 Å². The Morgan fingerprint density at radius 2 is 1.92 bits per heavy atom. The van der Waals surface area contributed by atoms with Crippen LogP contribution in [0.5, 0.6) is 5.75 Å². The summed E-state index contributed by atoms with van der Waals surface area (Å²) in [4.78, 5) is 38.8. The van der Waals surface area contributed by atoms with Crippen molar-refractivity contribution in [1.82, 2.24) is 9.80 Å². The van der Waals surface area contributed by atoms with E-state index in [1.54, 1.807) is 29.2 Å². The summed E-state index contributed by atoms with van der Waals surface area (Å²) in [5, 5.41) is 12.2. The molecular weight excluding hydrogens is 338 g/mol.